The van der Waals surface area contributed by atoms with Gasteiger partial charge in [0, 0.05) is 36.9 Å². The molecule has 0 aromatic heterocycles. The lowest BCUT2D eigenvalue weighted by molar-refractivity contribution is 0.116. The summed E-state index contributed by atoms with van der Waals surface area (Å²) in [7, 11) is 4.12. The van der Waals surface area contributed by atoms with Crippen LogP contribution in [0.2, 0.25) is 0 Å². The second-order valence-electron chi connectivity index (χ2n) is 4.82. The van der Waals surface area contributed by atoms with E-state index in [4.69, 9.17) is 4.74 Å². The number of nitrogens with one attached hydrogen (secondary N) is 1. The maximum absolute atomic E-state index is 5.71. The lowest BCUT2D eigenvalue weighted by Gasteiger charge is -2.25. The first-order valence-corrected chi connectivity index (χ1v) is 7.26. The number of rotatable bonds is 5. The Labute approximate surface area is 118 Å². The topological polar surface area (TPSA) is 24.5 Å². The smallest absolute Gasteiger partial charge is 0.0750 e. The second kappa shape index (κ2) is 6.55. The summed E-state index contributed by atoms with van der Waals surface area (Å²) in [5.74, 6) is 0. The average Bonchev–Trinajstić information content (AvgIpc) is 2.84. The first-order chi connectivity index (χ1) is 8.70. The van der Waals surface area contributed by atoms with Gasteiger partial charge in [0.15, 0.2) is 0 Å². The summed E-state index contributed by atoms with van der Waals surface area (Å²) in [6, 6.07) is 6.44. The van der Waals surface area contributed by atoms with Crippen LogP contribution in [0.15, 0.2) is 22.7 Å². The van der Waals surface area contributed by atoms with Crippen LogP contribution in [0.5, 0.6) is 0 Å². The normalized spacial score (nSPS) is 19.2. The van der Waals surface area contributed by atoms with Crippen molar-refractivity contribution in [2.75, 3.05) is 32.1 Å². The third-order valence-electron chi connectivity index (χ3n) is 3.33. The predicted octanol–water partition coefficient (Wildman–Crippen LogP) is 2.78. The summed E-state index contributed by atoms with van der Waals surface area (Å²) in [6.45, 7) is 2.77. The summed E-state index contributed by atoms with van der Waals surface area (Å²) in [5.41, 5.74) is 2.59. The Bertz CT molecular complexity index is 391. The zero-order chi connectivity index (χ0) is 13.0. The highest BCUT2D eigenvalue weighted by Gasteiger charge is 2.18. The van der Waals surface area contributed by atoms with Crippen molar-refractivity contribution in [3.63, 3.8) is 0 Å². The molecule has 2 rings (SSSR count). The van der Waals surface area contributed by atoms with E-state index in [1.54, 1.807) is 0 Å². The van der Waals surface area contributed by atoms with Crippen molar-refractivity contribution in [2.24, 2.45) is 0 Å². The van der Waals surface area contributed by atoms with Crippen molar-refractivity contribution < 1.29 is 4.74 Å². The van der Waals surface area contributed by atoms with Crippen LogP contribution in [-0.4, -0.2) is 33.4 Å². The van der Waals surface area contributed by atoms with Crippen molar-refractivity contribution in [1.29, 1.82) is 0 Å². The molecule has 1 unspecified atom stereocenters. The number of ether oxygens (including phenoxy) is 1. The molecule has 1 N–H and O–H groups in total. The largest absolute Gasteiger partial charge is 0.376 e. The first kappa shape index (κ1) is 13.8. The van der Waals surface area contributed by atoms with E-state index < -0.39 is 0 Å². The first-order valence-electron chi connectivity index (χ1n) is 6.46. The van der Waals surface area contributed by atoms with E-state index in [9.17, 15) is 0 Å². The quantitative estimate of drug-likeness (QED) is 0.905. The van der Waals surface area contributed by atoms with E-state index in [1.165, 1.54) is 24.1 Å². The Morgan fingerprint density at radius 2 is 2.33 bits per heavy atom. The fourth-order valence-electron chi connectivity index (χ4n) is 2.42. The van der Waals surface area contributed by atoms with E-state index >= 15 is 0 Å². The molecule has 1 fully saturated rings. The van der Waals surface area contributed by atoms with E-state index in [-0.39, 0.29) is 0 Å². The average molecular weight is 313 g/mol. The molecular weight excluding hydrogens is 292 g/mol. The number of benzene rings is 1. The van der Waals surface area contributed by atoms with Crippen molar-refractivity contribution in [3.05, 3.63) is 28.2 Å². The monoisotopic (exact) mass is 312 g/mol. The van der Waals surface area contributed by atoms with Crippen molar-refractivity contribution in [1.82, 2.24) is 5.32 Å². The van der Waals surface area contributed by atoms with E-state index in [1.807, 2.05) is 7.05 Å². The molecule has 1 heterocycles. The van der Waals surface area contributed by atoms with Gasteiger partial charge in [-0.15, -0.1) is 0 Å². The molecule has 1 atom stereocenters. The number of hydrogen-bond donors (Lipinski definition) is 1. The van der Waals surface area contributed by atoms with Gasteiger partial charge in [-0.25, -0.2) is 0 Å². The highest BCUT2D eigenvalue weighted by atomic mass is 79.9. The number of likely N-dealkylation sites (N-methyl/N-ethyl adjacent to an activating group) is 1. The van der Waals surface area contributed by atoms with Crippen LogP contribution in [0.25, 0.3) is 0 Å². The van der Waals surface area contributed by atoms with E-state index in [0.717, 1.165) is 24.2 Å². The molecule has 3 nitrogen and oxygen atoms in total. The summed E-state index contributed by atoms with van der Waals surface area (Å²) in [4.78, 5) is 2.30. The van der Waals surface area contributed by atoms with Crippen LogP contribution in [0.3, 0.4) is 0 Å². The van der Waals surface area contributed by atoms with Crippen LogP contribution in [0.1, 0.15) is 18.4 Å². The Hall–Kier alpha value is -0.580. The van der Waals surface area contributed by atoms with Gasteiger partial charge >= 0.3 is 0 Å². The number of hydrogen-bond acceptors (Lipinski definition) is 3. The van der Waals surface area contributed by atoms with Gasteiger partial charge in [-0.1, -0.05) is 22.0 Å². The Balaban J connectivity index is 2.11. The lowest BCUT2D eigenvalue weighted by atomic mass is 10.1. The molecule has 1 aromatic carbocycles. The molecule has 18 heavy (non-hydrogen) atoms. The van der Waals surface area contributed by atoms with E-state index in [0.29, 0.717) is 6.10 Å². The molecule has 0 saturated carbocycles. The van der Waals surface area contributed by atoms with Gasteiger partial charge in [0.05, 0.1) is 6.10 Å². The van der Waals surface area contributed by atoms with Gasteiger partial charge < -0.3 is 15.0 Å². The summed E-state index contributed by atoms with van der Waals surface area (Å²) < 4.78 is 6.83. The predicted molar refractivity (Wildman–Crippen MR) is 79.1 cm³/mol. The molecule has 1 aliphatic heterocycles. The molecular formula is C14H21BrN2O. The Kier molecular flexibility index (Phi) is 5.03. The maximum Gasteiger partial charge on any atom is 0.0750 e. The Morgan fingerprint density at radius 3 is 3.00 bits per heavy atom. The highest BCUT2D eigenvalue weighted by molar-refractivity contribution is 9.10. The molecule has 1 aromatic rings. The van der Waals surface area contributed by atoms with Crippen molar-refractivity contribution in [3.8, 4) is 0 Å². The third kappa shape index (κ3) is 3.46. The zero-order valence-electron chi connectivity index (χ0n) is 11.1. The highest BCUT2D eigenvalue weighted by Crippen LogP contribution is 2.26. The number of nitrogens with zero attached hydrogens (tertiary/aromatic N) is 1. The van der Waals surface area contributed by atoms with Gasteiger partial charge in [-0.3, -0.25) is 0 Å². The maximum atomic E-state index is 5.71. The zero-order valence-corrected chi connectivity index (χ0v) is 12.7. The van der Waals surface area contributed by atoms with Gasteiger partial charge in [-0.2, -0.15) is 0 Å². The molecule has 4 heteroatoms. The van der Waals surface area contributed by atoms with Gasteiger partial charge in [0.2, 0.25) is 0 Å². The van der Waals surface area contributed by atoms with Gasteiger partial charge in [0.1, 0.15) is 0 Å². The van der Waals surface area contributed by atoms with Gasteiger partial charge in [-0.05, 0) is 37.6 Å². The summed E-state index contributed by atoms with van der Waals surface area (Å²) >= 11 is 3.55. The van der Waals surface area contributed by atoms with Crippen LogP contribution >= 0.6 is 15.9 Å². The summed E-state index contributed by atoms with van der Waals surface area (Å²) in [5, 5.41) is 3.22. The molecule has 0 spiro atoms. The number of anilines is 1. The van der Waals surface area contributed by atoms with Crippen molar-refractivity contribution in [2.45, 2.75) is 25.5 Å². The lowest BCUT2D eigenvalue weighted by Crippen LogP contribution is -2.29. The molecule has 0 radical (unpaired) electrons. The third-order valence-corrected chi connectivity index (χ3v) is 3.82. The minimum atomic E-state index is 0.386. The van der Waals surface area contributed by atoms with E-state index in [2.05, 4.69) is 51.4 Å². The van der Waals surface area contributed by atoms with Crippen LogP contribution < -0.4 is 10.2 Å². The summed E-state index contributed by atoms with van der Waals surface area (Å²) in [6.07, 6.45) is 2.76. The van der Waals surface area contributed by atoms with Crippen molar-refractivity contribution >= 4 is 21.6 Å². The van der Waals surface area contributed by atoms with Crippen LogP contribution in [0, 0.1) is 0 Å². The fraction of sp³-hybridized carbons (Fsp3) is 0.571. The fourth-order valence-corrected chi connectivity index (χ4v) is 2.77. The van der Waals surface area contributed by atoms with Gasteiger partial charge in [0.25, 0.3) is 0 Å². The molecule has 1 aliphatic rings. The molecule has 0 bridgehead atoms. The molecule has 1 saturated heterocycles. The molecule has 0 amide bonds. The molecule has 0 aliphatic carbocycles. The number of halogens is 1. The minimum Gasteiger partial charge on any atom is -0.376 e. The van der Waals surface area contributed by atoms with Crippen LogP contribution in [-0.2, 0) is 11.3 Å². The SMILES string of the molecule is CNCc1ccc(Br)cc1N(C)CC1CCCO1. The van der Waals surface area contributed by atoms with Crippen LogP contribution in [0.4, 0.5) is 5.69 Å². The minimum absolute atomic E-state index is 0.386. The molecule has 100 valence electrons. The second-order valence-corrected chi connectivity index (χ2v) is 5.73. The Morgan fingerprint density at radius 1 is 1.50 bits per heavy atom. The standard InChI is InChI=1S/C14H21BrN2O/c1-16-9-11-5-6-12(15)8-14(11)17(2)10-13-4-3-7-18-13/h5-6,8,13,16H,3-4,7,9-10H2,1-2H3.